The number of hydrogen-bond donors (Lipinski definition) is 2. The summed E-state index contributed by atoms with van der Waals surface area (Å²) in [5.41, 5.74) is 0.0934. The molecule has 2 aliphatic heterocycles. The van der Waals surface area contributed by atoms with E-state index in [0.29, 0.717) is 6.04 Å². The Morgan fingerprint density at radius 1 is 1.35 bits per heavy atom. The highest BCUT2D eigenvalue weighted by Crippen LogP contribution is 2.30. The second kappa shape index (κ2) is 6.02. The summed E-state index contributed by atoms with van der Waals surface area (Å²) < 4.78 is 0. The summed E-state index contributed by atoms with van der Waals surface area (Å²) in [7, 11) is 0. The molecule has 0 radical (unpaired) electrons. The Labute approximate surface area is 123 Å². The van der Waals surface area contributed by atoms with Gasteiger partial charge in [-0.3, -0.25) is 9.69 Å². The molecule has 2 saturated heterocycles. The minimum absolute atomic E-state index is 0.152. The largest absolute Gasteiger partial charge is 0.353 e. The summed E-state index contributed by atoms with van der Waals surface area (Å²) in [5.74, 6) is 0.277. The standard InChI is InChI=1S/C16H31N3O/c1-5-16(8-9-17-12-16)14(20)18-13-6-10-19(11-7-13)15(2,3)4/h13,17H,5-12H2,1-4H3,(H,18,20). The lowest BCUT2D eigenvalue weighted by atomic mass is 9.82. The molecule has 0 saturated carbocycles. The molecule has 0 aromatic carbocycles. The van der Waals surface area contributed by atoms with Gasteiger partial charge < -0.3 is 10.6 Å². The van der Waals surface area contributed by atoms with Crippen molar-refractivity contribution >= 4 is 5.91 Å². The summed E-state index contributed by atoms with van der Waals surface area (Å²) >= 11 is 0. The van der Waals surface area contributed by atoms with Gasteiger partial charge in [0.25, 0.3) is 0 Å². The molecule has 0 spiro atoms. The molecular weight excluding hydrogens is 250 g/mol. The predicted molar refractivity (Wildman–Crippen MR) is 82.7 cm³/mol. The van der Waals surface area contributed by atoms with Crippen LogP contribution in [0.15, 0.2) is 0 Å². The van der Waals surface area contributed by atoms with Gasteiger partial charge in [0.05, 0.1) is 5.41 Å². The van der Waals surface area contributed by atoms with Gasteiger partial charge in [0.2, 0.25) is 5.91 Å². The fraction of sp³-hybridized carbons (Fsp3) is 0.938. The fourth-order valence-electron chi connectivity index (χ4n) is 3.43. The van der Waals surface area contributed by atoms with Crippen molar-refractivity contribution in [1.29, 1.82) is 0 Å². The smallest absolute Gasteiger partial charge is 0.227 e. The van der Waals surface area contributed by atoms with Crippen molar-refractivity contribution in [1.82, 2.24) is 15.5 Å². The number of carbonyl (C=O) groups is 1. The van der Waals surface area contributed by atoms with Crippen LogP contribution in [0.25, 0.3) is 0 Å². The Kier molecular flexibility index (Phi) is 4.75. The fourth-order valence-corrected chi connectivity index (χ4v) is 3.43. The Morgan fingerprint density at radius 2 is 2.00 bits per heavy atom. The molecule has 1 unspecified atom stereocenters. The number of amides is 1. The quantitative estimate of drug-likeness (QED) is 0.828. The molecule has 0 aromatic rings. The van der Waals surface area contributed by atoms with Crippen LogP contribution in [0.2, 0.25) is 0 Å². The predicted octanol–water partition coefficient (Wildman–Crippen LogP) is 1.76. The van der Waals surface area contributed by atoms with Crippen LogP contribution >= 0.6 is 0 Å². The first kappa shape index (κ1) is 15.8. The third kappa shape index (κ3) is 3.34. The van der Waals surface area contributed by atoms with Crippen molar-refractivity contribution < 1.29 is 4.79 Å². The lowest BCUT2D eigenvalue weighted by Crippen LogP contribution is -2.53. The van der Waals surface area contributed by atoms with Crippen molar-refractivity contribution in [3.63, 3.8) is 0 Å². The monoisotopic (exact) mass is 281 g/mol. The molecule has 1 amide bonds. The van der Waals surface area contributed by atoms with E-state index in [4.69, 9.17) is 0 Å². The minimum Gasteiger partial charge on any atom is -0.353 e. The lowest BCUT2D eigenvalue weighted by Gasteiger charge is -2.41. The first-order valence-electron chi connectivity index (χ1n) is 8.14. The van der Waals surface area contributed by atoms with E-state index >= 15 is 0 Å². The van der Waals surface area contributed by atoms with Crippen LogP contribution in [-0.2, 0) is 4.79 Å². The lowest BCUT2D eigenvalue weighted by molar-refractivity contribution is -0.131. The maximum Gasteiger partial charge on any atom is 0.227 e. The van der Waals surface area contributed by atoms with Crippen LogP contribution in [0, 0.1) is 5.41 Å². The second-order valence-electron chi connectivity index (χ2n) is 7.47. The number of hydrogen-bond acceptors (Lipinski definition) is 3. The molecule has 2 fully saturated rings. The molecule has 0 bridgehead atoms. The van der Waals surface area contributed by atoms with Crippen LogP contribution in [0.3, 0.4) is 0 Å². The highest BCUT2D eigenvalue weighted by atomic mass is 16.2. The summed E-state index contributed by atoms with van der Waals surface area (Å²) in [6.07, 6.45) is 4.08. The van der Waals surface area contributed by atoms with Crippen LogP contribution in [0.4, 0.5) is 0 Å². The molecule has 2 aliphatic rings. The Morgan fingerprint density at radius 3 is 2.45 bits per heavy atom. The molecule has 20 heavy (non-hydrogen) atoms. The van der Waals surface area contributed by atoms with Crippen molar-refractivity contribution in [3.8, 4) is 0 Å². The van der Waals surface area contributed by atoms with Crippen molar-refractivity contribution in [2.75, 3.05) is 26.2 Å². The topological polar surface area (TPSA) is 44.4 Å². The number of piperidine rings is 1. The number of nitrogens with one attached hydrogen (secondary N) is 2. The average Bonchev–Trinajstić information content (AvgIpc) is 2.88. The van der Waals surface area contributed by atoms with E-state index in [0.717, 1.165) is 51.9 Å². The van der Waals surface area contributed by atoms with Crippen molar-refractivity contribution in [2.45, 2.75) is 65.0 Å². The third-order valence-corrected chi connectivity index (χ3v) is 5.18. The Hall–Kier alpha value is -0.610. The van der Waals surface area contributed by atoms with Gasteiger partial charge in [0, 0.05) is 31.2 Å². The molecule has 4 heteroatoms. The zero-order valence-corrected chi connectivity index (χ0v) is 13.6. The molecular formula is C16H31N3O. The van der Waals surface area contributed by atoms with Crippen LogP contribution in [0.1, 0.15) is 53.4 Å². The molecule has 0 aromatic heterocycles. The Bertz CT molecular complexity index is 334. The van der Waals surface area contributed by atoms with Crippen molar-refractivity contribution in [2.24, 2.45) is 5.41 Å². The summed E-state index contributed by atoms with van der Waals surface area (Å²) in [6, 6.07) is 0.366. The molecule has 1 atom stereocenters. The van der Waals surface area contributed by atoms with E-state index in [1.54, 1.807) is 0 Å². The molecule has 2 rings (SSSR count). The average molecular weight is 281 g/mol. The summed E-state index contributed by atoms with van der Waals surface area (Å²) in [4.78, 5) is 15.1. The Balaban J connectivity index is 1.85. The third-order valence-electron chi connectivity index (χ3n) is 5.18. The molecule has 4 nitrogen and oxygen atoms in total. The van der Waals surface area contributed by atoms with Gasteiger partial charge in [-0.2, -0.15) is 0 Å². The summed E-state index contributed by atoms with van der Waals surface area (Å²) in [5, 5.41) is 6.66. The van der Waals surface area contributed by atoms with Crippen molar-refractivity contribution in [3.05, 3.63) is 0 Å². The highest BCUT2D eigenvalue weighted by molar-refractivity contribution is 5.83. The van der Waals surface area contributed by atoms with Crippen LogP contribution < -0.4 is 10.6 Å². The first-order valence-corrected chi connectivity index (χ1v) is 8.14. The molecule has 2 heterocycles. The maximum atomic E-state index is 12.6. The number of likely N-dealkylation sites (tertiary alicyclic amines) is 1. The van der Waals surface area contributed by atoms with Gasteiger partial charge in [-0.25, -0.2) is 0 Å². The van der Waals surface area contributed by atoms with E-state index in [9.17, 15) is 4.79 Å². The van der Waals surface area contributed by atoms with Gasteiger partial charge in [-0.1, -0.05) is 6.92 Å². The van der Waals surface area contributed by atoms with Gasteiger partial charge in [0.15, 0.2) is 0 Å². The minimum atomic E-state index is -0.152. The number of carbonyl (C=O) groups excluding carboxylic acids is 1. The van der Waals surface area contributed by atoms with Crippen LogP contribution in [-0.4, -0.2) is 48.6 Å². The maximum absolute atomic E-state index is 12.6. The van der Waals surface area contributed by atoms with Gasteiger partial charge in [-0.05, 0) is 53.0 Å². The second-order valence-corrected chi connectivity index (χ2v) is 7.47. The van der Waals surface area contributed by atoms with E-state index in [2.05, 4.69) is 43.2 Å². The van der Waals surface area contributed by atoms with E-state index < -0.39 is 0 Å². The van der Waals surface area contributed by atoms with Crippen LogP contribution in [0.5, 0.6) is 0 Å². The zero-order chi connectivity index (χ0) is 14.8. The highest BCUT2D eigenvalue weighted by Gasteiger charge is 2.40. The van der Waals surface area contributed by atoms with E-state index in [-0.39, 0.29) is 16.9 Å². The number of nitrogens with zero attached hydrogens (tertiary/aromatic N) is 1. The summed E-state index contributed by atoms with van der Waals surface area (Å²) in [6.45, 7) is 12.9. The zero-order valence-electron chi connectivity index (χ0n) is 13.6. The van der Waals surface area contributed by atoms with Gasteiger partial charge in [0.1, 0.15) is 0 Å². The SMILES string of the molecule is CCC1(C(=O)NC2CCN(C(C)(C)C)CC2)CCNC1. The first-order chi connectivity index (χ1) is 9.37. The van der Waals surface area contributed by atoms with E-state index in [1.165, 1.54) is 0 Å². The molecule has 0 aliphatic carbocycles. The van der Waals surface area contributed by atoms with Gasteiger partial charge >= 0.3 is 0 Å². The molecule has 2 N–H and O–H groups in total. The van der Waals surface area contributed by atoms with Gasteiger partial charge in [-0.15, -0.1) is 0 Å². The molecule has 116 valence electrons. The van der Waals surface area contributed by atoms with E-state index in [1.807, 2.05) is 0 Å². The number of rotatable bonds is 3. The normalized spacial score (nSPS) is 29.6.